The summed E-state index contributed by atoms with van der Waals surface area (Å²) in [4.78, 5) is 15.7. The third-order valence-electron chi connectivity index (χ3n) is 3.65. The average Bonchev–Trinajstić information content (AvgIpc) is 2.80. The Morgan fingerprint density at radius 1 is 1.50 bits per heavy atom. The highest BCUT2D eigenvalue weighted by Gasteiger charge is 2.28. The Labute approximate surface area is 117 Å². The lowest BCUT2D eigenvalue weighted by Gasteiger charge is -2.19. The van der Waals surface area contributed by atoms with E-state index in [9.17, 15) is 9.90 Å². The number of carboxylic acid groups (broad SMARTS) is 1. The topological polar surface area (TPSA) is 68.0 Å². The highest BCUT2D eigenvalue weighted by Crippen LogP contribution is 2.23. The van der Waals surface area contributed by atoms with E-state index in [1.807, 2.05) is 12.1 Å². The van der Waals surface area contributed by atoms with Gasteiger partial charge in [0, 0.05) is 12.8 Å². The first-order valence-electron chi connectivity index (χ1n) is 6.86. The Kier molecular flexibility index (Phi) is 3.26. The molecule has 0 aliphatic carbocycles. The maximum absolute atomic E-state index is 11.2. The van der Waals surface area contributed by atoms with Crippen molar-refractivity contribution in [3.8, 4) is 0 Å². The molecule has 1 aromatic heterocycles. The van der Waals surface area contributed by atoms with Crippen molar-refractivity contribution in [3.05, 3.63) is 47.0 Å². The van der Waals surface area contributed by atoms with Crippen LogP contribution in [0.25, 0.3) is 0 Å². The number of carbonyl (C=O) groups is 1. The third-order valence-corrected chi connectivity index (χ3v) is 3.65. The van der Waals surface area contributed by atoms with Gasteiger partial charge in [-0.1, -0.05) is 29.8 Å². The van der Waals surface area contributed by atoms with Gasteiger partial charge in [-0.3, -0.25) is 0 Å². The van der Waals surface area contributed by atoms with E-state index in [1.54, 1.807) is 4.68 Å². The van der Waals surface area contributed by atoms with Crippen LogP contribution in [0.4, 0.5) is 0 Å². The van der Waals surface area contributed by atoms with Gasteiger partial charge in [0.2, 0.25) is 0 Å². The van der Waals surface area contributed by atoms with E-state index in [4.69, 9.17) is 0 Å². The fraction of sp³-hybridized carbons (Fsp3) is 0.400. The number of rotatable bonds is 3. The lowest BCUT2D eigenvalue weighted by atomic mass is 10.1. The number of aryl methyl sites for hydroxylation is 2. The molecule has 5 nitrogen and oxygen atoms in total. The summed E-state index contributed by atoms with van der Waals surface area (Å²) < 4.78 is 1.59. The zero-order chi connectivity index (χ0) is 14.1. The summed E-state index contributed by atoms with van der Waals surface area (Å²) in [5, 5.41) is 13.6. The first-order valence-corrected chi connectivity index (χ1v) is 6.86. The third kappa shape index (κ3) is 2.43. The summed E-state index contributed by atoms with van der Waals surface area (Å²) >= 11 is 0. The van der Waals surface area contributed by atoms with Crippen molar-refractivity contribution in [2.24, 2.45) is 0 Å². The van der Waals surface area contributed by atoms with Gasteiger partial charge in [0.25, 0.3) is 0 Å². The van der Waals surface area contributed by atoms with Gasteiger partial charge in [-0.25, -0.2) is 14.5 Å². The number of nitrogens with zero attached hydrogens (tertiary/aromatic N) is 3. The fourth-order valence-electron chi connectivity index (χ4n) is 2.71. The Morgan fingerprint density at radius 2 is 2.35 bits per heavy atom. The maximum atomic E-state index is 11.2. The Hall–Kier alpha value is -2.17. The van der Waals surface area contributed by atoms with Crippen molar-refractivity contribution < 1.29 is 9.90 Å². The smallest absolute Gasteiger partial charge is 0.328 e. The zero-order valence-electron chi connectivity index (χ0n) is 11.4. The molecule has 0 amide bonds. The van der Waals surface area contributed by atoms with Crippen LogP contribution < -0.4 is 0 Å². The molecule has 1 aliphatic heterocycles. The Balaban J connectivity index is 1.87. The van der Waals surface area contributed by atoms with Crippen LogP contribution in [-0.2, 0) is 17.6 Å². The highest BCUT2D eigenvalue weighted by atomic mass is 16.4. The summed E-state index contributed by atoms with van der Waals surface area (Å²) in [6, 6.07) is 7.66. The molecule has 1 atom stereocenters. The van der Waals surface area contributed by atoms with Gasteiger partial charge in [-0.2, -0.15) is 5.10 Å². The van der Waals surface area contributed by atoms with Gasteiger partial charge in [0.05, 0.1) is 0 Å². The maximum Gasteiger partial charge on any atom is 0.328 e. The van der Waals surface area contributed by atoms with Crippen LogP contribution in [-0.4, -0.2) is 25.8 Å². The monoisotopic (exact) mass is 271 g/mol. The molecule has 1 unspecified atom stereocenters. The molecule has 1 aromatic carbocycles. The van der Waals surface area contributed by atoms with E-state index in [0.717, 1.165) is 24.2 Å². The molecule has 2 heterocycles. The number of hydrogen-bond donors (Lipinski definition) is 1. The van der Waals surface area contributed by atoms with Gasteiger partial charge in [-0.15, -0.1) is 0 Å². The molecule has 1 aliphatic rings. The quantitative estimate of drug-likeness (QED) is 0.928. The van der Waals surface area contributed by atoms with E-state index < -0.39 is 12.0 Å². The second-order valence-corrected chi connectivity index (χ2v) is 5.30. The summed E-state index contributed by atoms with van der Waals surface area (Å²) in [6.45, 7) is 2.05. The zero-order valence-corrected chi connectivity index (χ0v) is 11.4. The van der Waals surface area contributed by atoms with E-state index in [-0.39, 0.29) is 0 Å². The molecule has 5 heteroatoms. The molecule has 0 spiro atoms. The standard InChI is InChI=1S/C15H17N3O2/c1-10-4-2-5-11(8-10)9-13-16-14-7-3-6-12(15(19)20)18(14)17-13/h2,4-5,8,12H,3,6-7,9H2,1H3,(H,19,20). The minimum atomic E-state index is -0.821. The second-order valence-electron chi connectivity index (χ2n) is 5.30. The Morgan fingerprint density at radius 3 is 3.10 bits per heavy atom. The predicted molar refractivity (Wildman–Crippen MR) is 73.6 cm³/mol. The Bertz CT molecular complexity index is 648. The average molecular weight is 271 g/mol. The molecule has 0 saturated carbocycles. The van der Waals surface area contributed by atoms with Crippen LogP contribution >= 0.6 is 0 Å². The van der Waals surface area contributed by atoms with Crippen molar-refractivity contribution in [2.75, 3.05) is 0 Å². The van der Waals surface area contributed by atoms with E-state index in [1.165, 1.54) is 5.56 Å². The minimum Gasteiger partial charge on any atom is -0.480 e. The molecule has 1 N–H and O–H groups in total. The van der Waals surface area contributed by atoms with Gasteiger partial charge < -0.3 is 5.11 Å². The fourth-order valence-corrected chi connectivity index (χ4v) is 2.71. The molecule has 0 radical (unpaired) electrons. The second kappa shape index (κ2) is 5.07. The van der Waals surface area contributed by atoms with Crippen LogP contribution in [0.5, 0.6) is 0 Å². The van der Waals surface area contributed by atoms with Crippen molar-refractivity contribution in [1.29, 1.82) is 0 Å². The first-order chi connectivity index (χ1) is 9.63. The number of carboxylic acids is 1. The number of aliphatic carboxylic acids is 1. The van der Waals surface area contributed by atoms with Crippen LogP contribution in [0.2, 0.25) is 0 Å². The lowest BCUT2D eigenvalue weighted by molar-refractivity contribution is -0.141. The van der Waals surface area contributed by atoms with E-state index in [2.05, 4.69) is 29.1 Å². The molecule has 0 fully saturated rings. The van der Waals surface area contributed by atoms with Gasteiger partial charge in [0.1, 0.15) is 5.82 Å². The first kappa shape index (κ1) is 12.8. The van der Waals surface area contributed by atoms with Crippen LogP contribution in [0, 0.1) is 6.92 Å². The van der Waals surface area contributed by atoms with E-state index in [0.29, 0.717) is 18.7 Å². The van der Waals surface area contributed by atoms with Crippen molar-refractivity contribution in [3.63, 3.8) is 0 Å². The molecule has 104 valence electrons. The SMILES string of the molecule is Cc1cccc(Cc2nc3n(n2)C(C(=O)O)CCC3)c1. The summed E-state index contributed by atoms with van der Waals surface area (Å²) in [6.07, 6.45) is 2.95. The normalized spacial score (nSPS) is 17.8. The molecular weight excluding hydrogens is 254 g/mol. The van der Waals surface area contributed by atoms with Crippen LogP contribution in [0.15, 0.2) is 24.3 Å². The largest absolute Gasteiger partial charge is 0.480 e. The summed E-state index contributed by atoms with van der Waals surface area (Å²) in [5.41, 5.74) is 2.36. The van der Waals surface area contributed by atoms with Crippen molar-refractivity contribution in [2.45, 2.75) is 38.6 Å². The lowest BCUT2D eigenvalue weighted by Crippen LogP contribution is -2.26. The van der Waals surface area contributed by atoms with Gasteiger partial charge in [0.15, 0.2) is 11.9 Å². The number of benzene rings is 1. The summed E-state index contributed by atoms with van der Waals surface area (Å²) in [7, 11) is 0. The van der Waals surface area contributed by atoms with Crippen LogP contribution in [0.3, 0.4) is 0 Å². The van der Waals surface area contributed by atoms with Gasteiger partial charge in [-0.05, 0) is 25.3 Å². The summed E-state index contributed by atoms with van der Waals surface area (Å²) in [5.74, 6) is 0.683. The van der Waals surface area contributed by atoms with E-state index >= 15 is 0 Å². The van der Waals surface area contributed by atoms with Crippen molar-refractivity contribution >= 4 is 5.97 Å². The van der Waals surface area contributed by atoms with Gasteiger partial charge >= 0.3 is 5.97 Å². The molecular formula is C15H17N3O2. The van der Waals surface area contributed by atoms with Crippen LogP contribution in [0.1, 0.15) is 41.7 Å². The number of aromatic nitrogens is 3. The molecule has 20 heavy (non-hydrogen) atoms. The van der Waals surface area contributed by atoms with Crippen molar-refractivity contribution in [1.82, 2.24) is 14.8 Å². The number of hydrogen-bond acceptors (Lipinski definition) is 3. The minimum absolute atomic E-state index is 0.558. The molecule has 2 aromatic rings. The number of fused-ring (bicyclic) bond motifs is 1. The highest BCUT2D eigenvalue weighted by molar-refractivity contribution is 5.71. The predicted octanol–water partition coefficient (Wildman–Crippen LogP) is 2.14. The molecule has 3 rings (SSSR count). The molecule has 0 saturated heterocycles. The molecule has 0 bridgehead atoms.